The Morgan fingerprint density at radius 3 is 2.30 bits per heavy atom. The minimum atomic E-state index is -3.72. The van der Waals surface area contributed by atoms with Gasteiger partial charge in [0.25, 0.3) is 0 Å². The number of piperazine rings is 1. The van der Waals surface area contributed by atoms with E-state index in [0.717, 1.165) is 35.3 Å². The van der Waals surface area contributed by atoms with Gasteiger partial charge in [0.1, 0.15) is 0 Å². The molecule has 1 aliphatic rings. The topological polar surface area (TPSA) is 69.7 Å². The standard InChI is InChI=1S/C23H31N3O3S/c1-18-4-7-21(8-5-18)17-26(13-10-23(27)25-14-11-24-12-15-25)30(28,29)22-9-6-19(2)20(3)16-22/h4-9,16,24H,10-15,17H2,1-3H3. The molecule has 7 heteroatoms. The third-order valence-electron chi connectivity index (χ3n) is 5.64. The molecule has 0 bridgehead atoms. The Morgan fingerprint density at radius 1 is 1.00 bits per heavy atom. The van der Waals surface area contributed by atoms with Gasteiger partial charge in [0.05, 0.1) is 4.90 Å². The third-order valence-corrected chi connectivity index (χ3v) is 7.48. The number of amides is 1. The van der Waals surface area contributed by atoms with Gasteiger partial charge < -0.3 is 10.2 Å². The first-order valence-corrected chi connectivity index (χ1v) is 11.8. The highest BCUT2D eigenvalue weighted by Crippen LogP contribution is 2.22. The van der Waals surface area contributed by atoms with Gasteiger partial charge in [-0.2, -0.15) is 4.31 Å². The van der Waals surface area contributed by atoms with Crippen molar-refractivity contribution in [2.75, 3.05) is 32.7 Å². The lowest BCUT2D eigenvalue weighted by Crippen LogP contribution is -2.47. The van der Waals surface area contributed by atoms with Crippen LogP contribution in [-0.4, -0.2) is 56.3 Å². The van der Waals surface area contributed by atoms with Gasteiger partial charge in [0.2, 0.25) is 15.9 Å². The molecule has 6 nitrogen and oxygen atoms in total. The van der Waals surface area contributed by atoms with Crippen molar-refractivity contribution < 1.29 is 13.2 Å². The lowest BCUT2D eigenvalue weighted by atomic mass is 10.1. The molecule has 1 aliphatic heterocycles. The van der Waals surface area contributed by atoms with E-state index in [-0.39, 0.29) is 30.3 Å². The summed E-state index contributed by atoms with van der Waals surface area (Å²) in [5.74, 6) is 0.000641. The fourth-order valence-corrected chi connectivity index (χ4v) is 5.01. The summed E-state index contributed by atoms with van der Waals surface area (Å²) in [5.41, 5.74) is 4.01. The van der Waals surface area contributed by atoms with Gasteiger partial charge >= 0.3 is 0 Å². The van der Waals surface area contributed by atoms with Crippen LogP contribution in [0.25, 0.3) is 0 Å². The van der Waals surface area contributed by atoms with Crippen molar-refractivity contribution in [2.24, 2.45) is 0 Å². The number of sulfonamides is 1. The van der Waals surface area contributed by atoms with E-state index in [1.807, 2.05) is 56.0 Å². The monoisotopic (exact) mass is 429 g/mol. The van der Waals surface area contributed by atoms with Crippen LogP contribution in [-0.2, 0) is 21.4 Å². The Kier molecular flexibility index (Phi) is 7.28. The molecule has 30 heavy (non-hydrogen) atoms. The average Bonchev–Trinajstić information content (AvgIpc) is 2.74. The van der Waals surface area contributed by atoms with Crippen molar-refractivity contribution in [3.8, 4) is 0 Å². The summed E-state index contributed by atoms with van der Waals surface area (Å²) in [6.07, 6.45) is 0.177. The number of nitrogens with zero attached hydrogens (tertiary/aromatic N) is 2. The van der Waals surface area contributed by atoms with E-state index in [1.165, 1.54) is 4.31 Å². The third kappa shape index (κ3) is 5.47. The van der Waals surface area contributed by atoms with Crippen molar-refractivity contribution in [1.29, 1.82) is 0 Å². The van der Waals surface area contributed by atoms with Gasteiger partial charge in [-0.15, -0.1) is 0 Å². The minimum Gasteiger partial charge on any atom is -0.340 e. The molecule has 1 fully saturated rings. The van der Waals surface area contributed by atoms with E-state index >= 15 is 0 Å². The molecule has 0 unspecified atom stereocenters. The Morgan fingerprint density at radius 2 is 1.67 bits per heavy atom. The predicted octanol–water partition coefficient (Wildman–Crippen LogP) is 2.62. The summed E-state index contributed by atoms with van der Waals surface area (Å²) in [6, 6.07) is 13.0. The van der Waals surface area contributed by atoms with Crippen molar-refractivity contribution >= 4 is 15.9 Å². The molecular weight excluding hydrogens is 398 g/mol. The largest absolute Gasteiger partial charge is 0.340 e. The highest BCUT2D eigenvalue weighted by molar-refractivity contribution is 7.89. The highest BCUT2D eigenvalue weighted by Gasteiger charge is 2.27. The first kappa shape index (κ1) is 22.5. The predicted molar refractivity (Wildman–Crippen MR) is 119 cm³/mol. The van der Waals surface area contributed by atoms with Crippen LogP contribution in [0, 0.1) is 20.8 Å². The van der Waals surface area contributed by atoms with Crippen LogP contribution in [0.4, 0.5) is 0 Å². The molecule has 2 aromatic carbocycles. The average molecular weight is 430 g/mol. The van der Waals surface area contributed by atoms with Gasteiger partial charge in [0.15, 0.2) is 0 Å². The molecule has 0 atom stereocenters. The molecule has 162 valence electrons. The molecule has 0 aliphatic carbocycles. The summed E-state index contributed by atoms with van der Waals surface area (Å²) in [7, 11) is -3.72. The van der Waals surface area contributed by atoms with E-state index < -0.39 is 10.0 Å². The zero-order chi connectivity index (χ0) is 21.7. The molecule has 1 heterocycles. The van der Waals surface area contributed by atoms with Gasteiger partial charge in [-0.05, 0) is 49.6 Å². The van der Waals surface area contributed by atoms with Crippen LogP contribution in [0.15, 0.2) is 47.4 Å². The van der Waals surface area contributed by atoms with Crippen molar-refractivity contribution in [1.82, 2.24) is 14.5 Å². The lowest BCUT2D eigenvalue weighted by molar-refractivity contribution is -0.131. The van der Waals surface area contributed by atoms with E-state index in [2.05, 4.69) is 5.32 Å². The molecule has 1 saturated heterocycles. The maximum Gasteiger partial charge on any atom is 0.243 e. The highest BCUT2D eigenvalue weighted by atomic mass is 32.2. The number of hydrogen-bond donors (Lipinski definition) is 1. The molecule has 1 amide bonds. The number of nitrogens with one attached hydrogen (secondary N) is 1. The normalized spacial score (nSPS) is 14.9. The fraction of sp³-hybridized carbons (Fsp3) is 0.435. The second kappa shape index (κ2) is 9.73. The zero-order valence-corrected chi connectivity index (χ0v) is 18.8. The number of rotatable bonds is 7. The van der Waals surface area contributed by atoms with Gasteiger partial charge in [0, 0.05) is 45.7 Å². The van der Waals surface area contributed by atoms with E-state index in [9.17, 15) is 13.2 Å². The summed E-state index contributed by atoms with van der Waals surface area (Å²) in [6.45, 7) is 9.16. The van der Waals surface area contributed by atoms with Crippen LogP contribution in [0.3, 0.4) is 0 Å². The van der Waals surface area contributed by atoms with E-state index in [0.29, 0.717) is 13.1 Å². The molecule has 0 saturated carbocycles. The molecule has 0 radical (unpaired) electrons. The lowest BCUT2D eigenvalue weighted by Gasteiger charge is -2.29. The smallest absolute Gasteiger partial charge is 0.243 e. The van der Waals surface area contributed by atoms with Crippen LogP contribution in [0.5, 0.6) is 0 Å². The fourth-order valence-electron chi connectivity index (χ4n) is 3.50. The van der Waals surface area contributed by atoms with E-state index in [4.69, 9.17) is 0 Å². The minimum absolute atomic E-state index is 0.000641. The summed E-state index contributed by atoms with van der Waals surface area (Å²) < 4.78 is 28.3. The summed E-state index contributed by atoms with van der Waals surface area (Å²) in [4.78, 5) is 14.7. The van der Waals surface area contributed by atoms with Gasteiger partial charge in [-0.25, -0.2) is 8.42 Å². The zero-order valence-electron chi connectivity index (χ0n) is 18.0. The quantitative estimate of drug-likeness (QED) is 0.735. The van der Waals surface area contributed by atoms with Crippen LogP contribution in [0.1, 0.15) is 28.7 Å². The Hall–Kier alpha value is -2.22. The molecule has 0 spiro atoms. The molecular formula is C23H31N3O3S. The Labute approximate surface area is 179 Å². The van der Waals surface area contributed by atoms with Crippen LogP contribution >= 0.6 is 0 Å². The van der Waals surface area contributed by atoms with Crippen molar-refractivity contribution in [3.63, 3.8) is 0 Å². The van der Waals surface area contributed by atoms with Crippen LogP contribution in [0.2, 0.25) is 0 Å². The maximum atomic E-state index is 13.4. The number of carbonyl (C=O) groups is 1. The van der Waals surface area contributed by atoms with Gasteiger partial charge in [-0.3, -0.25) is 4.79 Å². The Balaban J connectivity index is 1.82. The van der Waals surface area contributed by atoms with E-state index in [1.54, 1.807) is 12.1 Å². The first-order valence-electron chi connectivity index (χ1n) is 10.4. The first-order chi connectivity index (χ1) is 14.3. The van der Waals surface area contributed by atoms with Crippen LogP contribution < -0.4 is 5.32 Å². The Bertz CT molecular complexity index is 981. The molecule has 2 aromatic rings. The molecule has 3 rings (SSSR count). The second-order valence-corrected chi connectivity index (χ2v) is 9.89. The molecule has 0 aromatic heterocycles. The SMILES string of the molecule is Cc1ccc(CN(CCC(=O)N2CCNCC2)S(=O)(=O)c2ccc(C)c(C)c2)cc1. The second-order valence-electron chi connectivity index (χ2n) is 7.95. The van der Waals surface area contributed by atoms with Crippen molar-refractivity contribution in [3.05, 3.63) is 64.7 Å². The summed E-state index contributed by atoms with van der Waals surface area (Å²) >= 11 is 0. The molecule has 1 N–H and O–H groups in total. The summed E-state index contributed by atoms with van der Waals surface area (Å²) in [5, 5.41) is 3.23. The number of aryl methyl sites for hydroxylation is 3. The number of benzene rings is 2. The number of hydrogen-bond acceptors (Lipinski definition) is 4. The van der Waals surface area contributed by atoms with Crippen molar-refractivity contribution in [2.45, 2.75) is 38.6 Å². The number of carbonyl (C=O) groups excluding carboxylic acids is 1. The maximum absolute atomic E-state index is 13.4. The van der Waals surface area contributed by atoms with Gasteiger partial charge in [-0.1, -0.05) is 35.9 Å².